The van der Waals surface area contributed by atoms with Crippen LogP contribution < -0.4 is 5.73 Å². The zero-order valence-corrected chi connectivity index (χ0v) is 5.83. The summed E-state index contributed by atoms with van der Waals surface area (Å²) in [6.07, 6.45) is 1.17. The molecule has 0 amide bonds. The molecule has 0 unspecified atom stereocenters. The highest BCUT2D eigenvalue weighted by Crippen LogP contribution is 2.38. The van der Waals surface area contributed by atoms with Gasteiger partial charge in [-0.25, -0.2) is 0 Å². The third-order valence-electron chi connectivity index (χ3n) is 2.07. The second-order valence-electron chi connectivity index (χ2n) is 2.92. The molecule has 1 saturated carbocycles. The fourth-order valence-electron chi connectivity index (χ4n) is 1.30. The summed E-state index contributed by atoms with van der Waals surface area (Å²) in [5.74, 6) is 0.654. The van der Waals surface area contributed by atoms with Crippen LogP contribution in [0.2, 0.25) is 0 Å². The summed E-state index contributed by atoms with van der Waals surface area (Å²) in [6, 6.07) is 10.9. The van der Waals surface area contributed by atoms with Crippen molar-refractivity contribution in [2.24, 2.45) is 5.73 Å². The SMILES string of the molecule is C.N[C@@H]1C[C@H]1c1ccccc1. The molecule has 0 saturated heterocycles. The molecule has 2 rings (SSSR count). The van der Waals surface area contributed by atoms with Crippen LogP contribution in [0.3, 0.4) is 0 Å². The van der Waals surface area contributed by atoms with E-state index in [2.05, 4.69) is 24.3 Å². The van der Waals surface area contributed by atoms with Gasteiger partial charge >= 0.3 is 0 Å². The lowest BCUT2D eigenvalue weighted by Crippen LogP contribution is -2.00. The molecule has 0 aliphatic heterocycles. The van der Waals surface area contributed by atoms with E-state index in [0.29, 0.717) is 12.0 Å². The number of nitrogens with two attached hydrogens (primary N) is 1. The quantitative estimate of drug-likeness (QED) is 0.650. The molecule has 1 aromatic carbocycles. The Morgan fingerprint density at radius 2 is 1.73 bits per heavy atom. The van der Waals surface area contributed by atoms with Crippen molar-refractivity contribution in [3.8, 4) is 0 Å². The normalized spacial score (nSPS) is 27.4. The molecule has 1 nitrogen and oxygen atoms in total. The van der Waals surface area contributed by atoms with Gasteiger partial charge in [0, 0.05) is 12.0 Å². The number of hydrogen-bond donors (Lipinski definition) is 1. The van der Waals surface area contributed by atoms with Gasteiger partial charge in [0.1, 0.15) is 0 Å². The maximum Gasteiger partial charge on any atom is 0.0115 e. The standard InChI is InChI=1S/C9H11N.CH4/c10-9-6-8(9)7-4-2-1-3-5-7;/h1-5,8-9H,6,10H2;1H4/t8-,9+;/m0./s1. The smallest absolute Gasteiger partial charge is 0.0115 e. The topological polar surface area (TPSA) is 26.0 Å². The van der Waals surface area contributed by atoms with Gasteiger partial charge in [-0.1, -0.05) is 37.8 Å². The number of hydrogen-bond acceptors (Lipinski definition) is 1. The molecule has 1 heteroatoms. The van der Waals surface area contributed by atoms with E-state index in [4.69, 9.17) is 5.73 Å². The molecule has 0 aromatic heterocycles. The molecule has 0 heterocycles. The first kappa shape index (κ1) is 8.28. The van der Waals surface area contributed by atoms with Crippen molar-refractivity contribution < 1.29 is 0 Å². The first-order valence-corrected chi connectivity index (χ1v) is 3.68. The van der Waals surface area contributed by atoms with Crippen LogP contribution in [0.15, 0.2) is 30.3 Å². The van der Waals surface area contributed by atoms with Crippen molar-refractivity contribution in [1.29, 1.82) is 0 Å². The molecule has 1 aliphatic carbocycles. The molecule has 0 bridgehead atoms. The lowest BCUT2D eigenvalue weighted by atomic mass is 10.1. The van der Waals surface area contributed by atoms with E-state index in [1.165, 1.54) is 12.0 Å². The van der Waals surface area contributed by atoms with Crippen molar-refractivity contribution in [1.82, 2.24) is 0 Å². The molecule has 1 fully saturated rings. The van der Waals surface area contributed by atoms with E-state index in [1.807, 2.05) is 6.07 Å². The van der Waals surface area contributed by atoms with E-state index >= 15 is 0 Å². The van der Waals surface area contributed by atoms with Crippen LogP contribution in [0, 0.1) is 0 Å². The lowest BCUT2D eigenvalue weighted by molar-refractivity contribution is 0.991. The van der Waals surface area contributed by atoms with E-state index in [1.54, 1.807) is 0 Å². The Balaban J connectivity index is 0.000000605. The third-order valence-corrected chi connectivity index (χ3v) is 2.07. The van der Waals surface area contributed by atoms with Crippen molar-refractivity contribution in [3.05, 3.63) is 35.9 Å². The Bertz CT molecular complexity index is 218. The molecule has 1 aromatic rings. The molecule has 0 spiro atoms. The van der Waals surface area contributed by atoms with Crippen molar-refractivity contribution in [2.75, 3.05) is 0 Å². The van der Waals surface area contributed by atoms with Gasteiger partial charge in [-0.2, -0.15) is 0 Å². The van der Waals surface area contributed by atoms with Crippen LogP contribution >= 0.6 is 0 Å². The Labute approximate surface area is 68.2 Å². The van der Waals surface area contributed by atoms with Gasteiger partial charge in [-0.15, -0.1) is 0 Å². The van der Waals surface area contributed by atoms with Gasteiger partial charge in [0.05, 0.1) is 0 Å². The average Bonchev–Trinajstić information content (AvgIpc) is 2.69. The van der Waals surface area contributed by atoms with E-state index < -0.39 is 0 Å². The second kappa shape index (κ2) is 3.05. The van der Waals surface area contributed by atoms with Crippen LogP contribution in [-0.2, 0) is 0 Å². The highest BCUT2D eigenvalue weighted by Gasteiger charge is 2.34. The zero-order valence-electron chi connectivity index (χ0n) is 5.83. The van der Waals surface area contributed by atoms with E-state index in [-0.39, 0.29) is 7.43 Å². The van der Waals surface area contributed by atoms with E-state index in [9.17, 15) is 0 Å². The second-order valence-corrected chi connectivity index (χ2v) is 2.92. The van der Waals surface area contributed by atoms with Crippen molar-refractivity contribution in [3.63, 3.8) is 0 Å². The minimum absolute atomic E-state index is 0. The van der Waals surface area contributed by atoms with Gasteiger partial charge in [-0.05, 0) is 12.0 Å². The highest BCUT2D eigenvalue weighted by molar-refractivity contribution is 5.26. The summed E-state index contributed by atoms with van der Waals surface area (Å²) in [5, 5.41) is 0. The minimum Gasteiger partial charge on any atom is -0.327 e. The Kier molecular flexibility index (Phi) is 2.30. The summed E-state index contributed by atoms with van der Waals surface area (Å²) in [4.78, 5) is 0. The summed E-state index contributed by atoms with van der Waals surface area (Å²) < 4.78 is 0. The van der Waals surface area contributed by atoms with Crippen LogP contribution in [0.25, 0.3) is 0 Å². The molecular formula is C10H15N. The van der Waals surface area contributed by atoms with Crippen LogP contribution in [0.5, 0.6) is 0 Å². The van der Waals surface area contributed by atoms with Crippen LogP contribution in [-0.4, -0.2) is 6.04 Å². The third kappa shape index (κ3) is 1.60. The number of benzene rings is 1. The predicted molar refractivity (Wildman–Crippen MR) is 48.5 cm³/mol. The summed E-state index contributed by atoms with van der Waals surface area (Å²) in [6.45, 7) is 0. The van der Waals surface area contributed by atoms with Gasteiger partial charge in [0.15, 0.2) is 0 Å². The maximum atomic E-state index is 5.70. The van der Waals surface area contributed by atoms with E-state index in [0.717, 1.165) is 0 Å². The molecule has 0 radical (unpaired) electrons. The summed E-state index contributed by atoms with van der Waals surface area (Å²) >= 11 is 0. The summed E-state index contributed by atoms with van der Waals surface area (Å²) in [5.41, 5.74) is 7.10. The molecule has 2 N–H and O–H groups in total. The van der Waals surface area contributed by atoms with Gasteiger partial charge in [0.2, 0.25) is 0 Å². The Morgan fingerprint density at radius 1 is 1.18 bits per heavy atom. The van der Waals surface area contributed by atoms with Crippen LogP contribution in [0.1, 0.15) is 25.3 Å². The zero-order chi connectivity index (χ0) is 6.97. The van der Waals surface area contributed by atoms with Crippen LogP contribution in [0.4, 0.5) is 0 Å². The molecule has 60 valence electrons. The lowest BCUT2D eigenvalue weighted by Gasteiger charge is -1.94. The monoisotopic (exact) mass is 149 g/mol. The Morgan fingerprint density at radius 3 is 2.18 bits per heavy atom. The van der Waals surface area contributed by atoms with Gasteiger partial charge in [0.25, 0.3) is 0 Å². The first-order valence-electron chi connectivity index (χ1n) is 3.68. The van der Waals surface area contributed by atoms with Gasteiger partial charge < -0.3 is 5.73 Å². The fraction of sp³-hybridized carbons (Fsp3) is 0.400. The largest absolute Gasteiger partial charge is 0.327 e. The average molecular weight is 149 g/mol. The fourth-order valence-corrected chi connectivity index (χ4v) is 1.30. The first-order chi connectivity index (χ1) is 4.88. The number of rotatable bonds is 1. The highest BCUT2D eigenvalue weighted by atomic mass is 14.7. The molecular weight excluding hydrogens is 134 g/mol. The van der Waals surface area contributed by atoms with Crippen molar-refractivity contribution >= 4 is 0 Å². The molecule has 11 heavy (non-hydrogen) atoms. The van der Waals surface area contributed by atoms with Crippen molar-refractivity contribution in [2.45, 2.75) is 25.8 Å². The Hall–Kier alpha value is -0.820. The summed E-state index contributed by atoms with van der Waals surface area (Å²) in [7, 11) is 0. The minimum atomic E-state index is 0. The van der Waals surface area contributed by atoms with Gasteiger partial charge in [-0.3, -0.25) is 0 Å². The predicted octanol–water partition coefficient (Wildman–Crippen LogP) is 2.14. The molecule has 1 aliphatic rings. The molecule has 2 atom stereocenters. The maximum absolute atomic E-state index is 5.70.